The summed E-state index contributed by atoms with van der Waals surface area (Å²) < 4.78 is 13.1. The zero-order valence-corrected chi connectivity index (χ0v) is 14.5. The second-order valence-corrected chi connectivity index (χ2v) is 6.24. The molecule has 0 atom stereocenters. The molecule has 0 aliphatic carbocycles. The van der Waals surface area contributed by atoms with E-state index >= 15 is 0 Å². The number of halogens is 1. The van der Waals surface area contributed by atoms with Gasteiger partial charge in [-0.2, -0.15) is 0 Å². The van der Waals surface area contributed by atoms with Crippen LogP contribution in [-0.2, 0) is 12.8 Å². The number of hydrogen-bond donors (Lipinski definition) is 2. The number of aryl methyl sites for hydroxylation is 3. The van der Waals surface area contributed by atoms with Crippen LogP contribution >= 0.6 is 0 Å². The third-order valence-electron chi connectivity index (χ3n) is 4.38. The van der Waals surface area contributed by atoms with Gasteiger partial charge in [-0.05, 0) is 72.9 Å². The molecule has 0 bridgehead atoms. The van der Waals surface area contributed by atoms with Crippen LogP contribution in [0.25, 0.3) is 0 Å². The minimum Gasteiger partial charge on any atom is -0.478 e. The molecular weight excluding hydrogens is 329 g/mol. The minimum absolute atomic E-state index is 0.189. The van der Waals surface area contributed by atoms with E-state index in [9.17, 15) is 14.3 Å². The van der Waals surface area contributed by atoms with Crippen LogP contribution < -0.4 is 5.32 Å². The maximum absolute atomic E-state index is 13.1. The highest BCUT2D eigenvalue weighted by molar-refractivity contribution is 5.95. The summed E-state index contributed by atoms with van der Waals surface area (Å²) in [6.07, 6.45) is 1.69. The first-order valence-corrected chi connectivity index (χ1v) is 8.46. The monoisotopic (exact) mass is 349 g/mol. The van der Waals surface area contributed by atoms with Gasteiger partial charge in [-0.15, -0.1) is 0 Å². The van der Waals surface area contributed by atoms with E-state index in [1.54, 1.807) is 18.2 Å². The van der Waals surface area contributed by atoms with Crippen molar-refractivity contribution < 1.29 is 14.3 Å². The van der Waals surface area contributed by atoms with Crippen molar-refractivity contribution >= 4 is 17.3 Å². The quantitative estimate of drug-likeness (QED) is 0.630. The van der Waals surface area contributed by atoms with Gasteiger partial charge in [-0.1, -0.05) is 30.3 Å². The number of carbonyl (C=O) groups is 1. The zero-order valence-electron chi connectivity index (χ0n) is 14.5. The van der Waals surface area contributed by atoms with E-state index in [0.717, 1.165) is 18.4 Å². The topological polar surface area (TPSA) is 49.3 Å². The molecule has 0 radical (unpaired) electrons. The number of rotatable bonds is 6. The zero-order chi connectivity index (χ0) is 18.5. The molecule has 0 aromatic heterocycles. The van der Waals surface area contributed by atoms with Crippen molar-refractivity contribution in [2.75, 3.05) is 5.32 Å². The van der Waals surface area contributed by atoms with Crippen molar-refractivity contribution in [3.8, 4) is 0 Å². The van der Waals surface area contributed by atoms with Gasteiger partial charge in [0.25, 0.3) is 0 Å². The van der Waals surface area contributed by atoms with Gasteiger partial charge < -0.3 is 10.4 Å². The lowest BCUT2D eigenvalue weighted by Crippen LogP contribution is -2.04. The van der Waals surface area contributed by atoms with Crippen LogP contribution in [0.4, 0.5) is 15.8 Å². The third-order valence-corrected chi connectivity index (χ3v) is 4.38. The Morgan fingerprint density at radius 3 is 2.42 bits per heavy atom. The minimum atomic E-state index is -1.000. The van der Waals surface area contributed by atoms with Crippen LogP contribution in [0.15, 0.2) is 66.7 Å². The highest BCUT2D eigenvalue weighted by Gasteiger charge is 2.11. The van der Waals surface area contributed by atoms with Gasteiger partial charge >= 0.3 is 5.97 Å². The summed E-state index contributed by atoms with van der Waals surface area (Å²) in [7, 11) is 0. The number of nitrogens with one attached hydrogen (secondary N) is 1. The molecule has 2 N–H and O–H groups in total. The number of benzene rings is 3. The highest BCUT2D eigenvalue weighted by atomic mass is 19.1. The molecule has 0 unspecified atom stereocenters. The molecule has 0 fully saturated rings. The summed E-state index contributed by atoms with van der Waals surface area (Å²) in [4.78, 5) is 11.5. The average molecular weight is 349 g/mol. The number of carboxylic acid groups (broad SMARTS) is 1. The second kappa shape index (κ2) is 7.83. The lowest BCUT2D eigenvalue weighted by atomic mass is 9.99. The van der Waals surface area contributed by atoms with Gasteiger partial charge in [0.15, 0.2) is 0 Å². The van der Waals surface area contributed by atoms with Gasteiger partial charge in [0, 0.05) is 5.69 Å². The smallest absolute Gasteiger partial charge is 0.337 e. The summed E-state index contributed by atoms with van der Waals surface area (Å²) >= 11 is 0. The van der Waals surface area contributed by atoms with Crippen molar-refractivity contribution in [1.29, 1.82) is 0 Å². The van der Waals surface area contributed by atoms with Gasteiger partial charge in [0.05, 0.1) is 11.3 Å². The molecule has 0 saturated heterocycles. The van der Waals surface area contributed by atoms with Crippen molar-refractivity contribution in [2.24, 2.45) is 0 Å². The Morgan fingerprint density at radius 1 is 1.00 bits per heavy atom. The predicted octanol–water partition coefficient (Wildman–Crippen LogP) is 5.36. The van der Waals surface area contributed by atoms with Crippen molar-refractivity contribution in [2.45, 2.75) is 19.8 Å². The molecule has 26 heavy (non-hydrogen) atoms. The molecule has 0 aliphatic heterocycles. The molecule has 132 valence electrons. The van der Waals surface area contributed by atoms with E-state index in [-0.39, 0.29) is 11.4 Å². The first kappa shape index (κ1) is 17.7. The fraction of sp³-hybridized carbons (Fsp3) is 0.136. The highest BCUT2D eigenvalue weighted by Crippen LogP contribution is 2.24. The van der Waals surface area contributed by atoms with E-state index < -0.39 is 5.97 Å². The first-order valence-electron chi connectivity index (χ1n) is 8.46. The van der Waals surface area contributed by atoms with E-state index in [2.05, 4.69) is 24.4 Å². The molecule has 0 saturated carbocycles. The van der Waals surface area contributed by atoms with Crippen LogP contribution in [0.3, 0.4) is 0 Å². The largest absolute Gasteiger partial charge is 0.478 e. The van der Waals surface area contributed by atoms with Gasteiger partial charge in [-0.25, -0.2) is 9.18 Å². The molecule has 0 amide bonds. The van der Waals surface area contributed by atoms with E-state index in [1.165, 1.54) is 23.3 Å². The molecule has 3 rings (SSSR count). The van der Waals surface area contributed by atoms with E-state index in [1.807, 2.05) is 24.3 Å². The standard InChI is InChI=1S/C22H20FNO2/c1-15-4-2-3-5-17(15)8-6-16-7-13-20(22(25)26)21(14-16)24-19-11-9-18(23)10-12-19/h2-5,7,9-14,24H,6,8H2,1H3,(H,25,26). The molecule has 0 aliphatic rings. The Hall–Kier alpha value is -3.14. The molecular formula is C22H20FNO2. The average Bonchev–Trinajstić information content (AvgIpc) is 2.63. The van der Waals surface area contributed by atoms with Crippen LogP contribution in [-0.4, -0.2) is 11.1 Å². The van der Waals surface area contributed by atoms with Crippen LogP contribution in [0.2, 0.25) is 0 Å². The summed E-state index contributed by atoms with van der Waals surface area (Å²) in [5, 5.41) is 12.5. The lowest BCUT2D eigenvalue weighted by Gasteiger charge is -2.12. The molecule has 0 heterocycles. The van der Waals surface area contributed by atoms with Crippen molar-refractivity contribution in [1.82, 2.24) is 0 Å². The molecule has 3 aromatic rings. The summed E-state index contributed by atoms with van der Waals surface area (Å²) in [6.45, 7) is 2.09. The summed E-state index contributed by atoms with van der Waals surface area (Å²) in [5.74, 6) is -1.33. The molecule has 3 nitrogen and oxygen atoms in total. The summed E-state index contributed by atoms with van der Waals surface area (Å²) in [5.41, 5.74) is 4.91. The number of carboxylic acids is 1. The Bertz CT molecular complexity index is 920. The molecule has 4 heteroatoms. The Balaban J connectivity index is 1.82. The van der Waals surface area contributed by atoms with Crippen LogP contribution in [0.1, 0.15) is 27.0 Å². The number of anilines is 2. The maximum Gasteiger partial charge on any atom is 0.337 e. The number of hydrogen-bond acceptors (Lipinski definition) is 2. The fourth-order valence-electron chi connectivity index (χ4n) is 2.90. The second-order valence-electron chi connectivity index (χ2n) is 6.24. The van der Waals surface area contributed by atoms with Gasteiger partial charge in [0.1, 0.15) is 5.82 Å². The number of aromatic carboxylic acids is 1. The Kier molecular flexibility index (Phi) is 5.32. The predicted molar refractivity (Wildman–Crippen MR) is 102 cm³/mol. The summed E-state index contributed by atoms with van der Waals surface area (Å²) in [6, 6.07) is 19.4. The lowest BCUT2D eigenvalue weighted by molar-refractivity contribution is 0.0698. The van der Waals surface area contributed by atoms with Crippen molar-refractivity contribution in [3.63, 3.8) is 0 Å². The first-order chi connectivity index (χ1) is 12.5. The van der Waals surface area contributed by atoms with E-state index in [4.69, 9.17) is 0 Å². The Labute approximate surface area is 152 Å². The third kappa shape index (κ3) is 4.28. The maximum atomic E-state index is 13.1. The fourth-order valence-corrected chi connectivity index (χ4v) is 2.90. The normalized spacial score (nSPS) is 10.5. The van der Waals surface area contributed by atoms with Crippen molar-refractivity contribution in [3.05, 3.63) is 94.8 Å². The van der Waals surface area contributed by atoms with Gasteiger partial charge in [0.2, 0.25) is 0 Å². The molecule has 3 aromatic carbocycles. The van der Waals surface area contributed by atoms with E-state index in [0.29, 0.717) is 11.4 Å². The molecule has 0 spiro atoms. The Morgan fingerprint density at radius 2 is 1.73 bits per heavy atom. The SMILES string of the molecule is Cc1ccccc1CCc1ccc(C(=O)O)c(Nc2ccc(F)cc2)c1. The van der Waals surface area contributed by atoms with Crippen LogP contribution in [0.5, 0.6) is 0 Å². The van der Waals surface area contributed by atoms with Gasteiger partial charge in [-0.3, -0.25) is 0 Å². The van der Waals surface area contributed by atoms with Crippen LogP contribution in [0, 0.1) is 12.7 Å².